The number of carbonyl (C=O) groups excluding carboxylic acids is 1. The number of hydrogen-bond donors (Lipinski definition) is 2. The van der Waals surface area contributed by atoms with Crippen LogP contribution in [0.1, 0.15) is 19.8 Å². The second-order valence-corrected chi connectivity index (χ2v) is 4.61. The number of hydrogen-bond acceptors (Lipinski definition) is 3. The van der Waals surface area contributed by atoms with E-state index in [1.54, 1.807) is 7.05 Å². The lowest BCUT2D eigenvalue weighted by Crippen LogP contribution is -2.38. The molecule has 0 saturated heterocycles. The van der Waals surface area contributed by atoms with Gasteiger partial charge < -0.3 is 15.1 Å². The first-order valence-electron chi connectivity index (χ1n) is 5.56. The number of rotatable bonds is 4. The maximum Gasteiger partial charge on any atom is 0.307 e. The first kappa shape index (κ1) is 13.0. The zero-order valence-electron chi connectivity index (χ0n) is 9.72. The molecule has 1 saturated carbocycles. The summed E-state index contributed by atoms with van der Waals surface area (Å²) in [5.41, 5.74) is 0. The van der Waals surface area contributed by atoms with Crippen molar-refractivity contribution >= 4 is 11.9 Å². The standard InChI is InChI=1S/C11H19NO4/c1-7-5-8(9(6-7)11(15)16)10(14)12(2)3-4-13/h7-9,13H,3-6H2,1-2H3,(H,15,16)/t7?,8-,9+/m0/s1. The maximum absolute atomic E-state index is 11.9. The summed E-state index contributed by atoms with van der Waals surface area (Å²) >= 11 is 0. The number of amides is 1. The van der Waals surface area contributed by atoms with Crippen LogP contribution >= 0.6 is 0 Å². The lowest BCUT2D eigenvalue weighted by molar-refractivity contribution is -0.148. The van der Waals surface area contributed by atoms with E-state index in [0.29, 0.717) is 12.8 Å². The SMILES string of the molecule is CC1C[C@H](C(=O)N(C)CCO)[C@H](C(=O)O)C1. The van der Waals surface area contributed by atoms with Crippen LogP contribution in [0.2, 0.25) is 0 Å². The Kier molecular flexibility index (Phi) is 4.29. The van der Waals surface area contributed by atoms with Crippen molar-refractivity contribution < 1.29 is 19.8 Å². The lowest BCUT2D eigenvalue weighted by Gasteiger charge is -2.22. The minimum absolute atomic E-state index is 0.0950. The highest BCUT2D eigenvalue weighted by Gasteiger charge is 2.42. The molecule has 0 radical (unpaired) electrons. The van der Waals surface area contributed by atoms with Gasteiger partial charge in [-0.05, 0) is 18.8 Å². The molecule has 0 spiro atoms. The Hall–Kier alpha value is -1.10. The average Bonchev–Trinajstić information content (AvgIpc) is 2.59. The summed E-state index contributed by atoms with van der Waals surface area (Å²) in [6, 6.07) is 0. The topological polar surface area (TPSA) is 77.8 Å². The third-order valence-electron chi connectivity index (χ3n) is 3.24. The van der Waals surface area contributed by atoms with Crippen LogP contribution in [0.15, 0.2) is 0 Å². The van der Waals surface area contributed by atoms with Gasteiger partial charge in [0.05, 0.1) is 18.4 Å². The fourth-order valence-electron chi connectivity index (χ4n) is 2.38. The van der Waals surface area contributed by atoms with E-state index in [-0.39, 0.29) is 25.0 Å². The number of likely N-dealkylation sites (N-methyl/N-ethyl adjacent to an activating group) is 1. The molecule has 0 aromatic carbocycles. The zero-order chi connectivity index (χ0) is 12.3. The third kappa shape index (κ3) is 2.72. The molecule has 0 aromatic rings. The Labute approximate surface area is 95.1 Å². The van der Waals surface area contributed by atoms with E-state index in [2.05, 4.69) is 0 Å². The normalized spacial score (nSPS) is 29.1. The third-order valence-corrected chi connectivity index (χ3v) is 3.24. The summed E-state index contributed by atoms with van der Waals surface area (Å²) in [7, 11) is 1.60. The Morgan fingerprint density at radius 3 is 2.38 bits per heavy atom. The monoisotopic (exact) mass is 229 g/mol. The van der Waals surface area contributed by atoms with Crippen LogP contribution in [0.5, 0.6) is 0 Å². The van der Waals surface area contributed by atoms with Gasteiger partial charge in [0.1, 0.15) is 0 Å². The van der Waals surface area contributed by atoms with Crippen molar-refractivity contribution in [1.82, 2.24) is 4.90 Å². The molecule has 2 N–H and O–H groups in total. The summed E-state index contributed by atoms with van der Waals surface area (Å²) < 4.78 is 0. The summed E-state index contributed by atoms with van der Waals surface area (Å²) in [5.74, 6) is -1.77. The van der Waals surface area contributed by atoms with Gasteiger partial charge in [-0.3, -0.25) is 9.59 Å². The quantitative estimate of drug-likeness (QED) is 0.721. The number of carboxylic acids is 1. The molecule has 16 heavy (non-hydrogen) atoms. The van der Waals surface area contributed by atoms with Crippen molar-refractivity contribution in [3.63, 3.8) is 0 Å². The molecule has 0 aromatic heterocycles. The molecule has 1 aliphatic rings. The molecule has 0 heterocycles. The molecule has 0 aliphatic heterocycles. The average molecular weight is 229 g/mol. The van der Waals surface area contributed by atoms with E-state index in [9.17, 15) is 9.59 Å². The second-order valence-electron chi connectivity index (χ2n) is 4.61. The van der Waals surface area contributed by atoms with Gasteiger partial charge >= 0.3 is 5.97 Å². The molecule has 92 valence electrons. The molecule has 1 rings (SSSR count). The number of aliphatic carboxylic acids is 1. The minimum atomic E-state index is -0.889. The molecule has 5 heteroatoms. The molecule has 5 nitrogen and oxygen atoms in total. The second kappa shape index (κ2) is 5.30. The largest absolute Gasteiger partial charge is 0.481 e. The molecule has 1 amide bonds. The Morgan fingerprint density at radius 1 is 1.31 bits per heavy atom. The summed E-state index contributed by atoms with van der Waals surface area (Å²) in [4.78, 5) is 24.4. The highest BCUT2D eigenvalue weighted by molar-refractivity contribution is 5.85. The van der Waals surface area contributed by atoms with Gasteiger partial charge in [0.15, 0.2) is 0 Å². The van der Waals surface area contributed by atoms with Crippen molar-refractivity contribution in [3.05, 3.63) is 0 Å². The van der Waals surface area contributed by atoms with E-state index in [1.165, 1.54) is 4.90 Å². The van der Waals surface area contributed by atoms with E-state index in [4.69, 9.17) is 10.2 Å². The van der Waals surface area contributed by atoms with E-state index in [0.717, 1.165) is 0 Å². The molecule has 0 bridgehead atoms. The van der Waals surface area contributed by atoms with Gasteiger partial charge in [-0.1, -0.05) is 6.92 Å². The smallest absolute Gasteiger partial charge is 0.307 e. The van der Waals surface area contributed by atoms with Gasteiger partial charge in [0.25, 0.3) is 0 Å². The molecule has 1 fully saturated rings. The predicted molar refractivity (Wildman–Crippen MR) is 57.7 cm³/mol. The van der Waals surface area contributed by atoms with Gasteiger partial charge in [-0.25, -0.2) is 0 Å². The Bertz CT molecular complexity index is 279. The van der Waals surface area contributed by atoms with Crippen molar-refractivity contribution in [3.8, 4) is 0 Å². The van der Waals surface area contributed by atoms with Crippen molar-refractivity contribution in [2.75, 3.05) is 20.2 Å². The van der Waals surface area contributed by atoms with Crippen LogP contribution in [0, 0.1) is 17.8 Å². The molecular weight excluding hydrogens is 210 g/mol. The predicted octanol–water partition coefficient (Wildman–Crippen LogP) is 0.184. The fraction of sp³-hybridized carbons (Fsp3) is 0.818. The van der Waals surface area contributed by atoms with Crippen LogP contribution < -0.4 is 0 Å². The van der Waals surface area contributed by atoms with Crippen LogP contribution in [0.3, 0.4) is 0 Å². The molecule has 1 aliphatic carbocycles. The number of nitrogens with zero attached hydrogens (tertiary/aromatic N) is 1. The first-order valence-corrected chi connectivity index (χ1v) is 5.56. The zero-order valence-corrected chi connectivity index (χ0v) is 9.72. The van der Waals surface area contributed by atoms with Gasteiger partial charge in [0, 0.05) is 13.6 Å². The maximum atomic E-state index is 11.9. The van der Waals surface area contributed by atoms with Gasteiger partial charge in [0.2, 0.25) is 5.91 Å². The van der Waals surface area contributed by atoms with Crippen molar-refractivity contribution in [2.24, 2.45) is 17.8 Å². The fourth-order valence-corrected chi connectivity index (χ4v) is 2.38. The van der Waals surface area contributed by atoms with Crippen LogP contribution in [-0.2, 0) is 9.59 Å². The molecular formula is C11H19NO4. The van der Waals surface area contributed by atoms with Crippen LogP contribution in [0.25, 0.3) is 0 Å². The van der Waals surface area contributed by atoms with Gasteiger partial charge in [-0.2, -0.15) is 0 Å². The van der Waals surface area contributed by atoms with Crippen molar-refractivity contribution in [2.45, 2.75) is 19.8 Å². The van der Waals surface area contributed by atoms with Crippen molar-refractivity contribution in [1.29, 1.82) is 0 Å². The summed E-state index contributed by atoms with van der Waals surface area (Å²) in [6.07, 6.45) is 1.20. The van der Waals surface area contributed by atoms with E-state index >= 15 is 0 Å². The Morgan fingerprint density at radius 2 is 1.88 bits per heavy atom. The minimum Gasteiger partial charge on any atom is -0.481 e. The van der Waals surface area contributed by atoms with Crippen LogP contribution in [0.4, 0.5) is 0 Å². The highest BCUT2D eigenvalue weighted by atomic mass is 16.4. The Balaban J connectivity index is 2.70. The number of carboxylic acid groups (broad SMARTS) is 1. The summed E-state index contributed by atoms with van der Waals surface area (Å²) in [5, 5.41) is 17.8. The molecule has 3 atom stereocenters. The highest BCUT2D eigenvalue weighted by Crippen LogP contribution is 2.37. The number of aliphatic hydroxyl groups excluding tert-OH is 1. The molecule has 1 unspecified atom stereocenters. The van der Waals surface area contributed by atoms with Gasteiger partial charge in [-0.15, -0.1) is 0 Å². The number of carbonyl (C=O) groups is 2. The lowest BCUT2D eigenvalue weighted by atomic mass is 9.95. The first-order chi connectivity index (χ1) is 7.47. The van der Waals surface area contributed by atoms with E-state index in [1.807, 2.05) is 6.92 Å². The summed E-state index contributed by atoms with van der Waals surface area (Å²) in [6.45, 7) is 2.13. The van der Waals surface area contributed by atoms with Crippen LogP contribution in [-0.4, -0.2) is 47.2 Å². The number of aliphatic hydroxyl groups is 1. The van der Waals surface area contributed by atoms with E-state index < -0.39 is 17.8 Å².